The molecular weight excluding hydrogens is 286 g/mol. The van der Waals surface area contributed by atoms with Gasteiger partial charge in [0.1, 0.15) is 12.1 Å². The molecule has 0 spiro atoms. The Balaban J connectivity index is 1.96. The molecule has 3 rings (SSSR count). The first-order valence-corrected chi connectivity index (χ1v) is 6.64. The Morgan fingerprint density at radius 3 is 2.95 bits per heavy atom. The number of benzene rings is 1. The molecule has 3 aromatic rings. The number of anilines is 1. The van der Waals surface area contributed by atoms with Gasteiger partial charge in [0.05, 0.1) is 11.9 Å². The van der Waals surface area contributed by atoms with E-state index in [2.05, 4.69) is 25.4 Å². The Morgan fingerprint density at radius 1 is 1.36 bits per heavy atom. The summed E-state index contributed by atoms with van der Waals surface area (Å²) in [6, 6.07) is 5.53. The van der Waals surface area contributed by atoms with Gasteiger partial charge in [-0.05, 0) is 18.2 Å². The minimum Gasteiger partial charge on any atom is -0.481 e. The third-order valence-electron chi connectivity index (χ3n) is 3.05. The highest BCUT2D eigenvalue weighted by Crippen LogP contribution is 2.25. The van der Waals surface area contributed by atoms with Crippen molar-refractivity contribution in [1.82, 2.24) is 20.1 Å². The number of carboxylic acid groups (broad SMARTS) is 1. The third-order valence-corrected chi connectivity index (χ3v) is 3.05. The highest BCUT2D eigenvalue weighted by molar-refractivity contribution is 5.91. The number of aryl methyl sites for hydroxylation is 1. The summed E-state index contributed by atoms with van der Waals surface area (Å²) in [4.78, 5) is 23.1. The maximum Gasteiger partial charge on any atom is 0.305 e. The average molecular weight is 299 g/mol. The lowest BCUT2D eigenvalue weighted by Crippen LogP contribution is -2.09. The predicted molar refractivity (Wildman–Crippen MR) is 78.3 cm³/mol. The lowest BCUT2D eigenvalue weighted by atomic mass is 10.1. The molecule has 0 saturated heterocycles. The zero-order chi connectivity index (χ0) is 15.5. The van der Waals surface area contributed by atoms with Gasteiger partial charge in [0, 0.05) is 24.4 Å². The fraction of sp³-hybridized carbons (Fsp3) is 0.214. The van der Waals surface area contributed by atoms with E-state index in [1.54, 1.807) is 6.92 Å². The number of nitrogens with zero attached hydrogens (tertiary/aromatic N) is 4. The van der Waals surface area contributed by atoms with Gasteiger partial charge >= 0.3 is 5.97 Å². The molecule has 2 N–H and O–H groups in total. The van der Waals surface area contributed by atoms with Crippen LogP contribution in [0.3, 0.4) is 0 Å². The van der Waals surface area contributed by atoms with E-state index < -0.39 is 5.97 Å². The molecular formula is C14H13N5O3. The summed E-state index contributed by atoms with van der Waals surface area (Å²) in [7, 11) is 0. The second-order valence-electron chi connectivity index (χ2n) is 4.66. The van der Waals surface area contributed by atoms with E-state index in [1.165, 1.54) is 6.33 Å². The lowest BCUT2D eigenvalue weighted by Gasteiger charge is -2.07. The first-order valence-electron chi connectivity index (χ1n) is 6.64. The first-order chi connectivity index (χ1) is 10.6. The molecule has 1 aromatic carbocycles. The number of aromatic nitrogens is 4. The van der Waals surface area contributed by atoms with E-state index in [1.807, 2.05) is 18.2 Å². The number of rotatable bonds is 5. The summed E-state index contributed by atoms with van der Waals surface area (Å²) in [5.74, 6) is 0.682. The maximum atomic E-state index is 10.6. The molecule has 0 aliphatic heterocycles. The van der Waals surface area contributed by atoms with Crippen LogP contribution in [-0.2, 0) is 4.79 Å². The van der Waals surface area contributed by atoms with Crippen LogP contribution in [0.4, 0.5) is 5.82 Å². The average Bonchev–Trinajstić information content (AvgIpc) is 2.93. The fourth-order valence-electron chi connectivity index (χ4n) is 2.04. The molecule has 0 aliphatic rings. The normalized spacial score (nSPS) is 10.8. The van der Waals surface area contributed by atoms with Crippen LogP contribution in [0.25, 0.3) is 22.3 Å². The summed E-state index contributed by atoms with van der Waals surface area (Å²) in [6.07, 6.45) is 1.44. The molecule has 0 atom stereocenters. The van der Waals surface area contributed by atoms with Gasteiger partial charge in [-0.25, -0.2) is 9.97 Å². The molecule has 0 aliphatic carbocycles. The van der Waals surface area contributed by atoms with E-state index in [-0.39, 0.29) is 13.0 Å². The van der Waals surface area contributed by atoms with Crippen LogP contribution >= 0.6 is 0 Å². The molecule has 8 heteroatoms. The second kappa shape index (κ2) is 5.76. The summed E-state index contributed by atoms with van der Waals surface area (Å²) in [6.45, 7) is 2.01. The zero-order valence-corrected chi connectivity index (χ0v) is 11.8. The van der Waals surface area contributed by atoms with E-state index in [0.29, 0.717) is 17.5 Å². The van der Waals surface area contributed by atoms with Crippen molar-refractivity contribution in [3.8, 4) is 11.4 Å². The van der Waals surface area contributed by atoms with Crippen molar-refractivity contribution in [2.45, 2.75) is 13.3 Å². The van der Waals surface area contributed by atoms with Crippen LogP contribution in [0.15, 0.2) is 29.0 Å². The zero-order valence-electron chi connectivity index (χ0n) is 11.8. The Kier molecular flexibility index (Phi) is 3.65. The van der Waals surface area contributed by atoms with Crippen molar-refractivity contribution in [3.05, 3.63) is 30.4 Å². The highest BCUT2D eigenvalue weighted by Gasteiger charge is 2.10. The van der Waals surface area contributed by atoms with Crippen molar-refractivity contribution in [2.24, 2.45) is 0 Å². The van der Waals surface area contributed by atoms with Crippen molar-refractivity contribution < 1.29 is 14.4 Å². The second-order valence-corrected chi connectivity index (χ2v) is 4.66. The van der Waals surface area contributed by atoms with Gasteiger partial charge in [0.25, 0.3) is 0 Å². The Hall–Kier alpha value is -3.03. The minimum atomic E-state index is -0.867. The van der Waals surface area contributed by atoms with E-state index in [0.717, 1.165) is 16.5 Å². The number of hydrogen-bond acceptors (Lipinski definition) is 7. The maximum absolute atomic E-state index is 10.6. The molecule has 2 heterocycles. The van der Waals surface area contributed by atoms with Crippen molar-refractivity contribution >= 4 is 22.7 Å². The van der Waals surface area contributed by atoms with E-state index in [9.17, 15) is 4.79 Å². The molecule has 112 valence electrons. The number of aliphatic carboxylic acids is 1. The predicted octanol–water partition coefficient (Wildman–Crippen LogP) is 1.87. The monoisotopic (exact) mass is 299 g/mol. The number of carboxylic acids is 1. The Labute approximate surface area is 125 Å². The van der Waals surface area contributed by atoms with Crippen LogP contribution in [0.1, 0.15) is 12.3 Å². The van der Waals surface area contributed by atoms with Crippen LogP contribution in [0, 0.1) is 6.92 Å². The van der Waals surface area contributed by atoms with E-state index >= 15 is 0 Å². The number of carbonyl (C=O) groups is 1. The molecule has 0 radical (unpaired) electrons. The van der Waals surface area contributed by atoms with Gasteiger partial charge in [-0.2, -0.15) is 4.98 Å². The number of nitrogens with one attached hydrogen (secondary N) is 1. The summed E-state index contributed by atoms with van der Waals surface area (Å²) in [5.41, 5.74) is 1.53. The van der Waals surface area contributed by atoms with Crippen molar-refractivity contribution in [1.29, 1.82) is 0 Å². The summed E-state index contributed by atoms with van der Waals surface area (Å²) in [5, 5.41) is 16.4. The Morgan fingerprint density at radius 2 is 2.23 bits per heavy atom. The molecule has 0 saturated carbocycles. The SMILES string of the molecule is Cc1nc(-c2ccc3ncnc(NCCC(=O)O)c3c2)no1. The largest absolute Gasteiger partial charge is 0.481 e. The quantitative estimate of drug-likeness (QED) is 0.734. The van der Waals surface area contributed by atoms with Crippen molar-refractivity contribution in [3.63, 3.8) is 0 Å². The Bertz CT molecular complexity index is 830. The smallest absolute Gasteiger partial charge is 0.305 e. The molecule has 0 amide bonds. The fourth-order valence-corrected chi connectivity index (χ4v) is 2.04. The van der Waals surface area contributed by atoms with Gasteiger partial charge in [-0.15, -0.1) is 0 Å². The van der Waals surface area contributed by atoms with Gasteiger partial charge in [0.2, 0.25) is 11.7 Å². The summed E-state index contributed by atoms with van der Waals surface area (Å²) < 4.78 is 4.98. The van der Waals surface area contributed by atoms with E-state index in [4.69, 9.17) is 9.63 Å². The third kappa shape index (κ3) is 2.85. The van der Waals surface area contributed by atoms with Crippen LogP contribution < -0.4 is 5.32 Å². The van der Waals surface area contributed by atoms with Gasteiger partial charge in [-0.3, -0.25) is 4.79 Å². The lowest BCUT2D eigenvalue weighted by molar-refractivity contribution is -0.136. The standard InChI is InChI=1S/C14H13N5O3/c1-8-18-13(19-22-8)9-2-3-11-10(6-9)14(17-7-16-11)15-5-4-12(20)21/h2-3,6-7H,4-5H2,1H3,(H,20,21)(H,15,16,17). The molecule has 22 heavy (non-hydrogen) atoms. The first kappa shape index (κ1) is 13.9. The number of fused-ring (bicyclic) bond motifs is 1. The van der Waals surface area contributed by atoms with Crippen LogP contribution in [0.5, 0.6) is 0 Å². The molecule has 8 nitrogen and oxygen atoms in total. The molecule has 0 bridgehead atoms. The van der Waals surface area contributed by atoms with Crippen LogP contribution in [-0.4, -0.2) is 37.7 Å². The van der Waals surface area contributed by atoms with Crippen LogP contribution in [0.2, 0.25) is 0 Å². The highest BCUT2D eigenvalue weighted by atomic mass is 16.5. The topological polar surface area (TPSA) is 114 Å². The van der Waals surface area contributed by atoms with Gasteiger partial charge in [-0.1, -0.05) is 5.16 Å². The molecule has 0 unspecified atom stereocenters. The molecule has 2 aromatic heterocycles. The number of hydrogen-bond donors (Lipinski definition) is 2. The van der Waals surface area contributed by atoms with Gasteiger partial charge in [0.15, 0.2) is 0 Å². The molecule has 0 fully saturated rings. The minimum absolute atomic E-state index is 0.00915. The van der Waals surface area contributed by atoms with Crippen molar-refractivity contribution in [2.75, 3.05) is 11.9 Å². The summed E-state index contributed by atoms with van der Waals surface area (Å²) >= 11 is 0. The van der Waals surface area contributed by atoms with Gasteiger partial charge < -0.3 is 14.9 Å².